The van der Waals surface area contributed by atoms with E-state index < -0.39 is 6.04 Å². The molecule has 0 aliphatic rings. The number of rotatable bonds is 4. The SMILES string of the molecule is C#CCC(N)c1nc(Cc2ccccn2)no1. The van der Waals surface area contributed by atoms with Crippen LogP contribution in [0.2, 0.25) is 0 Å². The van der Waals surface area contributed by atoms with E-state index in [0.717, 1.165) is 5.69 Å². The van der Waals surface area contributed by atoms with E-state index in [1.807, 2.05) is 18.2 Å². The first-order chi connectivity index (χ1) is 8.29. The summed E-state index contributed by atoms with van der Waals surface area (Å²) in [6.45, 7) is 0. The topological polar surface area (TPSA) is 77.8 Å². The second-order valence-electron chi connectivity index (χ2n) is 3.56. The Morgan fingerprint density at radius 1 is 1.47 bits per heavy atom. The van der Waals surface area contributed by atoms with Gasteiger partial charge >= 0.3 is 0 Å². The van der Waals surface area contributed by atoms with Crippen molar-refractivity contribution in [3.8, 4) is 12.3 Å². The number of hydrogen-bond donors (Lipinski definition) is 1. The third-order valence-corrected chi connectivity index (χ3v) is 2.20. The minimum Gasteiger partial charge on any atom is -0.338 e. The molecule has 1 unspecified atom stereocenters. The number of nitrogens with two attached hydrogens (primary N) is 1. The van der Waals surface area contributed by atoms with Crippen LogP contribution >= 0.6 is 0 Å². The van der Waals surface area contributed by atoms with Crippen LogP contribution in [-0.2, 0) is 6.42 Å². The van der Waals surface area contributed by atoms with E-state index in [0.29, 0.717) is 24.6 Å². The van der Waals surface area contributed by atoms with Crippen molar-refractivity contribution in [2.75, 3.05) is 0 Å². The number of aromatic nitrogens is 3. The van der Waals surface area contributed by atoms with Gasteiger partial charge in [0.1, 0.15) is 0 Å². The van der Waals surface area contributed by atoms with Gasteiger partial charge in [0.2, 0.25) is 5.89 Å². The zero-order chi connectivity index (χ0) is 12.1. The Bertz CT molecular complexity index is 515. The van der Waals surface area contributed by atoms with Gasteiger partial charge in [0.25, 0.3) is 0 Å². The third-order valence-electron chi connectivity index (χ3n) is 2.20. The number of terminal acetylenes is 1. The zero-order valence-electron chi connectivity index (χ0n) is 9.21. The molecule has 2 aromatic rings. The predicted octanol–water partition coefficient (Wildman–Crippen LogP) is 1.08. The quantitative estimate of drug-likeness (QED) is 0.792. The predicted molar refractivity (Wildman–Crippen MR) is 61.7 cm³/mol. The van der Waals surface area contributed by atoms with Crippen LogP contribution in [0.15, 0.2) is 28.9 Å². The number of pyridine rings is 1. The lowest BCUT2D eigenvalue weighted by Gasteiger charge is -1.98. The van der Waals surface area contributed by atoms with Crippen LogP contribution in [0.4, 0.5) is 0 Å². The fraction of sp³-hybridized carbons (Fsp3) is 0.250. The smallest absolute Gasteiger partial charge is 0.244 e. The van der Waals surface area contributed by atoms with Crippen LogP contribution in [0, 0.1) is 12.3 Å². The van der Waals surface area contributed by atoms with E-state index in [1.165, 1.54) is 0 Å². The highest BCUT2D eigenvalue weighted by Gasteiger charge is 2.13. The van der Waals surface area contributed by atoms with Crippen LogP contribution in [0.25, 0.3) is 0 Å². The largest absolute Gasteiger partial charge is 0.338 e. The van der Waals surface area contributed by atoms with E-state index in [2.05, 4.69) is 21.0 Å². The molecule has 5 nitrogen and oxygen atoms in total. The molecule has 0 spiro atoms. The number of nitrogens with zero attached hydrogens (tertiary/aromatic N) is 3. The lowest BCUT2D eigenvalue weighted by Crippen LogP contribution is -2.09. The molecule has 0 aromatic carbocycles. The van der Waals surface area contributed by atoms with Gasteiger partial charge in [-0.3, -0.25) is 4.98 Å². The molecule has 2 N–H and O–H groups in total. The van der Waals surface area contributed by atoms with Crippen LogP contribution in [0.1, 0.15) is 29.9 Å². The first-order valence-corrected chi connectivity index (χ1v) is 5.21. The Morgan fingerprint density at radius 3 is 3.06 bits per heavy atom. The molecule has 0 saturated carbocycles. The van der Waals surface area contributed by atoms with E-state index in [4.69, 9.17) is 16.7 Å². The van der Waals surface area contributed by atoms with Crippen LogP contribution in [-0.4, -0.2) is 15.1 Å². The maximum Gasteiger partial charge on any atom is 0.244 e. The molecule has 0 fully saturated rings. The van der Waals surface area contributed by atoms with Crippen molar-refractivity contribution in [2.45, 2.75) is 18.9 Å². The van der Waals surface area contributed by atoms with Crippen molar-refractivity contribution >= 4 is 0 Å². The highest BCUT2D eigenvalue weighted by molar-refractivity contribution is 5.09. The molecule has 0 aliphatic carbocycles. The van der Waals surface area contributed by atoms with Gasteiger partial charge in [-0.15, -0.1) is 12.3 Å². The number of hydrogen-bond acceptors (Lipinski definition) is 5. The lowest BCUT2D eigenvalue weighted by atomic mass is 10.2. The highest BCUT2D eigenvalue weighted by atomic mass is 16.5. The minimum absolute atomic E-state index is 0.369. The summed E-state index contributed by atoms with van der Waals surface area (Å²) in [4.78, 5) is 8.36. The summed E-state index contributed by atoms with van der Waals surface area (Å²) >= 11 is 0. The second-order valence-corrected chi connectivity index (χ2v) is 3.56. The highest BCUT2D eigenvalue weighted by Crippen LogP contribution is 2.12. The summed E-state index contributed by atoms with van der Waals surface area (Å²) in [7, 11) is 0. The molecular weight excluding hydrogens is 216 g/mol. The molecule has 86 valence electrons. The standard InChI is InChI=1S/C12H12N4O/c1-2-5-10(13)12-15-11(16-17-12)8-9-6-3-4-7-14-9/h1,3-4,6-7,10H,5,8,13H2. The monoisotopic (exact) mass is 228 g/mol. The van der Waals surface area contributed by atoms with Crippen LogP contribution < -0.4 is 5.73 Å². The van der Waals surface area contributed by atoms with Gasteiger partial charge in [0.05, 0.1) is 12.5 Å². The lowest BCUT2D eigenvalue weighted by molar-refractivity contribution is 0.353. The molecule has 17 heavy (non-hydrogen) atoms. The Balaban J connectivity index is 2.07. The fourth-order valence-corrected chi connectivity index (χ4v) is 1.37. The van der Waals surface area contributed by atoms with E-state index in [1.54, 1.807) is 6.20 Å². The summed E-state index contributed by atoms with van der Waals surface area (Å²) in [5, 5.41) is 3.84. The first-order valence-electron chi connectivity index (χ1n) is 5.21. The molecular formula is C12H12N4O. The summed E-state index contributed by atoms with van der Waals surface area (Å²) in [6.07, 6.45) is 7.79. The molecule has 2 heterocycles. The summed E-state index contributed by atoms with van der Waals surface area (Å²) < 4.78 is 5.04. The molecule has 5 heteroatoms. The van der Waals surface area contributed by atoms with Crippen molar-refractivity contribution in [3.63, 3.8) is 0 Å². The normalized spacial score (nSPS) is 12.0. The van der Waals surface area contributed by atoms with Crippen molar-refractivity contribution in [1.29, 1.82) is 0 Å². The van der Waals surface area contributed by atoms with Gasteiger partial charge in [-0.25, -0.2) is 0 Å². The summed E-state index contributed by atoms with van der Waals surface area (Å²) in [5.41, 5.74) is 6.64. The maximum atomic E-state index is 5.76. The molecule has 0 aliphatic heterocycles. The maximum absolute atomic E-state index is 5.76. The van der Waals surface area contributed by atoms with Crippen molar-refractivity contribution in [2.24, 2.45) is 5.73 Å². The Kier molecular flexibility index (Phi) is 3.48. The average molecular weight is 228 g/mol. The summed E-state index contributed by atoms with van der Waals surface area (Å²) in [5.74, 6) is 3.39. The fourth-order valence-electron chi connectivity index (χ4n) is 1.37. The van der Waals surface area contributed by atoms with Crippen LogP contribution in [0.3, 0.4) is 0 Å². The van der Waals surface area contributed by atoms with Gasteiger partial charge in [-0.1, -0.05) is 11.2 Å². The molecule has 2 rings (SSSR count). The van der Waals surface area contributed by atoms with Crippen molar-refractivity contribution in [3.05, 3.63) is 41.8 Å². The van der Waals surface area contributed by atoms with Gasteiger partial charge in [0, 0.05) is 18.3 Å². The first kappa shape index (κ1) is 11.3. The van der Waals surface area contributed by atoms with Gasteiger partial charge in [-0.05, 0) is 12.1 Å². The van der Waals surface area contributed by atoms with Crippen LogP contribution in [0.5, 0.6) is 0 Å². The van der Waals surface area contributed by atoms with E-state index in [9.17, 15) is 0 Å². The Labute approximate surface area is 99.1 Å². The van der Waals surface area contributed by atoms with Gasteiger partial charge in [-0.2, -0.15) is 4.98 Å². The Hall–Kier alpha value is -2.19. The minimum atomic E-state index is -0.398. The molecule has 1 atom stereocenters. The molecule has 0 radical (unpaired) electrons. The van der Waals surface area contributed by atoms with Gasteiger partial charge in [0.15, 0.2) is 5.82 Å². The molecule has 0 bridgehead atoms. The average Bonchev–Trinajstić information content (AvgIpc) is 2.79. The van der Waals surface area contributed by atoms with Crippen molar-refractivity contribution < 1.29 is 4.52 Å². The second kappa shape index (κ2) is 5.23. The van der Waals surface area contributed by atoms with Crippen molar-refractivity contribution in [1.82, 2.24) is 15.1 Å². The molecule has 0 saturated heterocycles. The van der Waals surface area contributed by atoms with E-state index in [-0.39, 0.29) is 0 Å². The van der Waals surface area contributed by atoms with E-state index >= 15 is 0 Å². The summed E-state index contributed by atoms with van der Waals surface area (Å²) in [6, 6.07) is 5.27. The van der Waals surface area contributed by atoms with Gasteiger partial charge < -0.3 is 10.3 Å². The molecule has 0 amide bonds. The molecule has 2 aromatic heterocycles. The Morgan fingerprint density at radius 2 is 2.35 bits per heavy atom. The third kappa shape index (κ3) is 2.89. The zero-order valence-corrected chi connectivity index (χ0v) is 9.21.